The van der Waals surface area contributed by atoms with Crippen LogP contribution in [-0.4, -0.2) is 85.3 Å². The second-order valence-electron chi connectivity index (χ2n) is 8.94. The molecule has 2 atom stereocenters. The molecule has 0 bridgehead atoms. The third-order valence-corrected chi connectivity index (χ3v) is 7.74. The topological polar surface area (TPSA) is 237 Å². The molecule has 2 aliphatic rings. The van der Waals surface area contributed by atoms with Crippen LogP contribution >= 0.6 is 23.1 Å². The number of thiazole rings is 1. The number of nitrogen functional groups attached to an aromatic ring is 1. The highest BCUT2D eigenvalue weighted by Gasteiger charge is 2.54. The van der Waals surface area contributed by atoms with Gasteiger partial charge in [0.2, 0.25) is 6.61 Å². The lowest BCUT2D eigenvalue weighted by molar-refractivity contribution is -0.150. The number of nitrogens with two attached hydrogens (primary N) is 1. The number of carbonyl (C=O) groups excluding carboxylic acids is 4. The molecule has 1 aromatic heterocycles. The summed E-state index contributed by atoms with van der Waals surface area (Å²) in [7, 11) is 0. The lowest BCUT2D eigenvalue weighted by Gasteiger charge is -2.49. The molecular formula is C26H23N5O11S2. The number of hydrogen-bond acceptors (Lipinski definition) is 14. The third kappa shape index (κ3) is 7.21. The quantitative estimate of drug-likeness (QED) is 0.0871. The number of carboxylic acid groups (broad SMARTS) is 2. The maximum Gasteiger partial charge on any atom is 0.352 e. The zero-order chi connectivity index (χ0) is 32.1. The Labute approximate surface area is 256 Å². The highest BCUT2D eigenvalue weighted by molar-refractivity contribution is 8.00. The van der Waals surface area contributed by atoms with E-state index in [1.165, 1.54) is 55.3 Å². The minimum absolute atomic E-state index is 0.00777. The van der Waals surface area contributed by atoms with Crippen LogP contribution in [-0.2, 0) is 33.6 Å². The molecule has 0 saturated carbocycles. The van der Waals surface area contributed by atoms with Crippen LogP contribution in [0.15, 0.2) is 46.1 Å². The number of aliphatic carboxylic acids is 2. The van der Waals surface area contributed by atoms with E-state index in [4.69, 9.17) is 25.2 Å². The Morgan fingerprint density at radius 3 is 2.45 bits per heavy atom. The molecule has 1 saturated heterocycles. The Kier molecular flexibility index (Phi) is 9.64. The first-order chi connectivity index (χ1) is 20.8. The number of oxime groups is 1. The van der Waals surface area contributed by atoms with Gasteiger partial charge in [0.1, 0.15) is 22.8 Å². The minimum Gasteiger partial charge on any atom is -0.479 e. The van der Waals surface area contributed by atoms with Crippen molar-refractivity contribution in [2.24, 2.45) is 5.16 Å². The van der Waals surface area contributed by atoms with Gasteiger partial charge in [0.15, 0.2) is 22.3 Å². The van der Waals surface area contributed by atoms with Crippen LogP contribution < -0.4 is 20.5 Å². The Morgan fingerprint density at radius 1 is 1.14 bits per heavy atom. The number of nitrogens with zero attached hydrogens (tertiary/aromatic N) is 3. The van der Waals surface area contributed by atoms with E-state index < -0.39 is 59.4 Å². The Bertz CT molecular complexity index is 1650. The molecule has 0 unspecified atom stereocenters. The second-order valence-corrected chi connectivity index (χ2v) is 10.9. The number of nitrogens with one attached hydrogen (secondary N) is 1. The fraction of sp³-hybridized carbons (Fsp3) is 0.231. The van der Waals surface area contributed by atoms with E-state index in [1.807, 2.05) is 0 Å². The first-order valence-corrected chi connectivity index (χ1v) is 14.3. The molecule has 2 aliphatic heterocycles. The molecule has 0 aliphatic carbocycles. The predicted molar refractivity (Wildman–Crippen MR) is 154 cm³/mol. The van der Waals surface area contributed by atoms with E-state index in [1.54, 1.807) is 6.07 Å². The number of carboxylic acids is 2. The van der Waals surface area contributed by atoms with Gasteiger partial charge in [-0.2, -0.15) is 0 Å². The van der Waals surface area contributed by atoms with Crippen LogP contribution in [0.5, 0.6) is 11.5 Å². The zero-order valence-corrected chi connectivity index (χ0v) is 24.5. The van der Waals surface area contributed by atoms with Crippen LogP contribution in [0, 0.1) is 0 Å². The fourth-order valence-electron chi connectivity index (χ4n) is 4.03. The van der Waals surface area contributed by atoms with Gasteiger partial charge in [-0.3, -0.25) is 24.1 Å². The molecule has 3 heterocycles. The SMILES string of the molecule is CC(=O)Oc1ccc(/C=C/C2=C(C(=O)O)N3C(=O)[C@@H](NC(=O)/C(=N\OCC(=O)O)c4csc(N)n4)[C@H]3SC2)cc1OC(C)=O. The maximum absolute atomic E-state index is 13.1. The van der Waals surface area contributed by atoms with E-state index in [0.717, 1.165) is 16.2 Å². The van der Waals surface area contributed by atoms with Crippen molar-refractivity contribution in [1.82, 2.24) is 15.2 Å². The molecule has 4 rings (SSSR count). The number of anilines is 1. The predicted octanol–water partition coefficient (Wildman–Crippen LogP) is 0.833. The van der Waals surface area contributed by atoms with Gasteiger partial charge < -0.3 is 35.6 Å². The molecular weight excluding hydrogens is 622 g/mol. The smallest absolute Gasteiger partial charge is 0.352 e. The van der Waals surface area contributed by atoms with Crippen molar-refractivity contribution in [3.05, 3.63) is 52.2 Å². The number of esters is 2. The van der Waals surface area contributed by atoms with Crippen molar-refractivity contribution in [2.75, 3.05) is 18.1 Å². The van der Waals surface area contributed by atoms with E-state index in [-0.39, 0.29) is 39.3 Å². The highest BCUT2D eigenvalue weighted by Crippen LogP contribution is 2.41. The summed E-state index contributed by atoms with van der Waals surface area (Å²) in [6, 6.07) is 3.25. The van der Waals surface area contributed by atoms with Crippen molar-refractivity contribution in [3.8, 4) is 11.5 Å². The van der Waals surface area contributed by atoms with E-state index in [2.05, 4.69) is 15.5 Å². The number of benzene rings is 1. The standard InChI is InChI=1S/C26H23N5O11S2/c1-11(32)41-16-6-4-13(7-17(16)42-12(2)33)3-5-14-9-43-24-20(23(37)31(24)21(14)25(38)39)29-22(36)19(30-40-8-18(34)35)15-10-44-26(27)28-15/h3-7,10,20,24H,8-9H2,1-2H3,(H2,27,28)(H,29,36)(H,34,35)(H,38,39)/b5-3+,30-19-/t20-,24-/m1/s1. The van der Waals surface area contributed by atoms with Gasteiger partial charge in [0.25, 0.3) is 11.8 Å². The van der Waals surface area contributed by atoms with Crippen molar-refractivity contribution < 1.29 is 53.3 Å². The van der Waals surface area contributed by atoms with Crippen LogP contribution in [0.3, 0.4) is 0 Å². The first kappa shape index (κ1) is 31.7. The summed E-state index contributed by atoms with van der Waals surface area (Å²) in [4.78, 5) is 81.8. The fourth-order valence-corrected chi connectivity index (χ4v) is 5.90. The molecule has 44 heavy (non-hydrogen) atoms. The Hall–Kier alpha value is -5.23. The number of fused-ring (bicyclic) bond motifs is 1. The largest absolute Gasteiger partial charge is 0.479 e. The first-order valence-electron chi connectivity index (χ1n) is 12.4. The number of allylic oxidation sites excluding steroid dienone is 1. The van der Waals surface area contributed by atoms with Crippen LogP contribution in [0.4, 0.5) is 5.13 Å². The lowest BCUT2D eigenvalue weighted by atomic mass is 10.0. The van der Waals surface area contributed by atoms with Crippen molar-refractivity contribution in [1.29, 1.82) is 0 Å². The van der Waals surface area contributed by atoms with Crippen molar-refractivity contribution >= 4 is 75.7 Å². The molecule has 230 valence electrons. The number of thioether (sulfide) groups is 1. The van der Waals surface area contributed by atoms with Gasteiger partial charge in [0.05, 0.1) is 0 Å². The van der Waals surface area contributed by atoms with Crippen LogP contribution in [0.1, 0.15) is 25.1 Å². The maximum atomic E-state index is 13.1. The number of ether oxygens (including phenoxy) is 2. The average Bonchev–Trinajstić information content (AvgIpc) is 3.38. The summed E-state index contributed by atoms with van der Waals surface area (Å²) < 4.78 is 10.2. The van der Waals surface area contributed by atoms with E-state index in [9.17, 15) is 33.9 Å². The Morgan fingerprint density at radius 2 is 1.84 bits per heavy atom. The number of amides is 2. The van der Waals surface area contributed by atoms with Crippen molar-refractivity contribution in [2.45, 2.75) is 25.3 Å². The van der Waals surface area contributed by atoms with E-state index in [0.29, 0.717) is 5.56 Å². The molecule has 1 aromatic carbocycles. The van der Waals surface area contributed by atoms with E-state index >= 15 is 0 Å². The van der Waals surface area contributed by atoms with Gasteiger partial charge in [-0.15, -0.1) is 23.1 Å². The summed E-state index contributed by atoms with van der Waals surface area (Å²) in [5.74, 6) is -5.45. The minimum atomic E-state index is -1.37. The number of hydrogen-bond donors (Lipinski definition) is 4. The van der Waals surface area contributed by atoms with Gasteiger partial charge >= 0.3 is 23.9 Å². The summed E-state index contributed by atoms with van der Waals surface area (Å²) in [6.45, 7) is 1.53. The summed E-state index contributed by atoms with van der Waals surface area (Å²) in [6.07, 6.45) is 3.02. The number of aromatic nitrogens is 1. The summed E-state index contributed by atoms with van der Waals surface area (Å²) >= 11 is 2.19. The summed E-state index contributed by atoms with van der Waals surface area (Å²) in [5.41, 5.74) is 5.67. The molecule has 2 aromatic rings. The normalized spacial score (nSPS) is 17.9. The molecule has 0 radical (unpaired) electrons. The molecule has 2 amide bonds. The highest BCUT2D eigenvalue weighted by atomic mass is 32.2. The number of rotatable bonds is 11. The Balaban J connectivity index is 1.54. The van der Waals surface area contributed by atoms with Crippen LogP contribution in [0.2, 0.25) is 0 Å². The molecule has 16 nitrogen and oxygen atoms in total. The number of carbonyl (C=O) groups is 6. The molecule has 1 fully saturated rings. The van der Waals surface area contributed by atoms with Crippen LogP contribution in [0.25, 0.3) is 6.08 Å². The molecule has 0 spiro atoms. The van der Waals surface area contributed by atoms with Gasteiger partial charge in [-0.25, -0.2) is 14.6 Å². The molecule has 18 heteroatoms. The zero-order valence-electron chi connectivity index (χ0n) is 22.8. The average molecular weight is 646 g/mol. The van der Waals surface area contributed by atoms with Gasteiger partial charge in [-0.05, 0) is 23.3 Å². The van der Waals surface area contributed by atoms with Crippen molar-refractivity contribution in [3.63, 3.8) is 0 Å². The van der Waals surface area contributed by atoms with Gasteiger partial charge in [0, 0.05) is 25.0 Å². The number of β-lactam (4-membered cyclic amide) rings is 1. The monoisotopic (exact) mass is 645 g/mol. The second kappa shape index (κ2) is 13.4. The summed E-state index contributed by atoms with van der Waals surface area (Å²) in [5, 5.41) is 25.5. The third-order valence-electron chi connectivity index (χ3n) is 5.76. The molecule has 5 N–H and O–H groups in total. The van der Waals surface area contributed by atoms with Gasteiger partial charge in [-0.1, -0.05) is 23.4 Å². The lowest BCUT2D eigenvalue weighted by Crippen LogP contribution is -2.71.